The Morgan fingerprint density at radius 3 is 2.75 bits per heavy atom. The van der Waals surface area contributed by atoms with Gasteiger partial charge in [0.05, 0.1) is 7.11 Å². The summed E-state index contributed by atoms with van der Waals surface area (Å²) < 4.78 is 9.14. The van der Waals surface area contributed by atoms with Crippen molar-refractivity contribution in [3.8, 4) is 0 Å². The lowest BCUT2D eigenvalue weighted by Gasteiger charge is -2.01. The van der Waals surface area contributed by atoms with Crippen molar-refractivity contribution in [1.82, 2.24) is 0 Å². The van der Waals surface area contributed by atoms with Crippen molar-refractivity contribution in [3.05, 3.63) is 0 Å². The Morgan fingerprint density at radius 1 is 1.58 bits per heavy atom. The second-order valence-corrected chi connectivity index (χ2v) is 6.23. The largest absolute Gasteiger partial charge is 0.460 e. The van der Waals surface area contributed by atoms with Crippen LogP contribution in [0.15, 0.2) is 0 Å². The summed E-state index contributed by atoms with van der Waals surface area (Å²) in [5, 5.41) is -1.16. The first kappa shape index (κ1) is 13.1. The fraction of sp³-hybridized carbons (Fsp3) is 0.750. The number of carbonyl (C=O) groups is 1. The van der Waals surface area contributed by atoms with E-state index in [9.17, 15) is 4.79 Å². The van der Waals surface area contributed by atoms with E-state index in [-0.39, 0.29) is 5.30 Å². The number of hydrogen-bond donors (Lipinski definition) is 0. The van der Waals surface area contributed by atoms with Crippen LogP contribution in [0.4, 0.5) is 4.79 Å². The first-order valence-electron chi connectivity index (χ1n) is 2.60. The van der Waals surface area contributed by atoms with Crippen LogP contribution >= 0.6 is 54.6 Å². The maximum absolute atomic E-state index is 10.5. The number of methoxy groups -OCH3 is 1. The third-order valence-corrected chi connectivity index (χ3v) is 4.18. The second kappa shape index (κ2) is 8.65. The Kier molecular flexibility index (Phi) is 9.41. The van der Waals surface area contributed by atoms with Gasteiger partial charge in [-0.05, 0) is 9.83 Å². The monoisotopic (exact) mass is 268 g/mol. The van der Waals surface area contributed by atoms with E-state index in [1.165, 1.54) is 27.7 Å². The highest BCUT2D eigenvalue weighted by atomic mass is 35.5. The minimum atomic E-state index is -0.818. The lowest BCUT2D eigenvalue weighted by molar-refractivity contribution is 0.200. The fourth-order valence-corrected chi connectivity index (χ4v) is 2.95. The zero-order valence-electron chi connectivity index (χ0n) is 5.99. The van der Waals surface area contributed by atoms with Gasteiger partial charge in [-0.25, -0.2) is 4.79 Å². The lowest BCUT2D eigenvalue weighted by atomic mass is 11.5. The van der Waals surface area contributed by atoms with E-state index in [0.29, 0.717) is 5.94 Å². The van der Waals surface area contributed by atoms with Crippen LogP contribution in [-0.2, 0) is 9.47 Å². The molecular weight excluding hydrogens is 263 g/mol. The third-order valence-electron chi connectivity index (χ3n) is 0.559. The predicted molar refractivity (Wildman–Crippen MR) is 56.6 cm³/mol. The first-order valence-corrected chi connectivity index (χ1v) is 7.13. The molecule has 0 N–H and O–H groups in total. The standard InChI is InChI=1S/C4H6Cl2O3S3/c1-8-4(7)11-12-10-2-9-3(5)6/h3H,2H2,1H3. The topological polar surface area (TPSA) is 35.5 Å². The molecular formula is C4H6Cl2O3S3. The molecule has 0 aliphatic rings. The minimum Gasteiger partial charge on any atom is -0.460 e. The van der Waals surface area contributed by atoms with Crippen molar-refractivity contribution in [1.29, 1.82) is 0 Å². The minimum absolute atomic E-state index is 0.326. The van der Waals surface area contributed by atoms with Crippen LogP contribution in [-0.4, -0.2) is 23.4 Å². The lowest BCUT2D eigenvalue weighted by Crippen LogP contribution is -1.93. The SMILES string of the molecule is COC(=O)SSSCOC(Cl)Cl. The molecule has 0 aliphatic heterocycles. The van der Waals surface area contributed by atoms with Crippen LogP contribution in [0.2, 0.25) is 0 Å². The van der Waals surface area contributed by atoms with Gasteiger partial charge in [0.15, 0.2) is 0 Å². The van der Waals surface area contributed by atoms with E-state index in [2.05, 4.69) is 4.74 Å². The summed E-state index contributed by atoms with van der Waals surface area (Å²) in [6.45, 7) is 0. The average Bonchev–Trinajstić information content (AvgIpc) is 2.03. The number of halogens is 2. The molecule has 0 amide bonds. The number of rotatable bonds is 5. The molecule has 0 rings (SSSR count). The van der Waals surface area contributed by atoms with Gasteiger partial charge in [0.2, 0.25) is 5.02 Å². The van der Waals surface area contributed by atoms with Gasteiger partial charge in [-0.3, -0.25) is 0 Å². The molecule has 0 atom stereocenters. The van der Waals surface area contributed by atoms with Crippen molar-refractivity contribution in [2.24, 2.45) is 0 Å². The summed E-state index contributed by atoms with van der Waals surface area (Å²) in [6, 6.07) is 0. The van der Waals surface area contributed by atoms with Crippen LogP contribution < -0.4 is 0 Å². The maximum Gasteiger partial charge on any atom is 0.378 e. The van der Waals surface area contributed by atoms with E-state index in [4.69, 9.17) is 27.9 Å². The maximum atomic E-state index is 10.5. The van der Waals surface area contributed by atoms with Crippen LogP contribution in [0, 0.1) is 0 Å². The molecule has 0 aromatic carbocycles. The molecule has 8 heteroatoms. The Hall–Kier alpha value is 1.06. The highest BCUT2D eigenvalue weighted by molar-refractivity contribution is 9.11. The third kappa shape index (κ3) is 9.15. The van der Waals surface area contributed by atoms with Gasteiger partial charge < -0.3 is 9.47 Å². The number of alkyl halides is 2. The van der Waals surface area contributed by atoms with E-state index in [0.717, 1.165) is 10.8 Å². The van der Waals surface area contributed by atoms with Crippen LogP contribution in [0.3, 0.4) is 0 Å². The summed E-state index contributed by atoms with van der Waals surface area (Å²) in [4.78, 5) is 10.5. The molecule has 12 heavy (non-hydrogen) atoms. The van der Waals surface area contributed by atoms with Crippen molar-refractivity contribution >= 4 is 59.9 Å². The molecule has 72 valence electrons. The number of ether oxygens (including phenoxy) is 2. The van der Waals surface area contributed by atoms with Gasteiger partial charge in [0.25, 0.3) is 0 Å². The molecule has 0 aromatic rings. The fourth-order valence-electron chi connectivity index (χ4n) is 0.185. The number of carbonyl (C=O) groups excluding carboxylic acids is 1. The molecule has 0 radical (unpaired) electrons. The van der Waals surface area contributed by atoms with E-state index in [1.54, 1.807) is 0 Å². The van der Waals surface area contributed by atoms with Crippen molar-refractivity contribution < 1.29 is 14.3 Å². The van der Waals surface area contributed by atoms with Crippen molar-refractivity contribution in [2.75, 3.05) is 13.0 Å². The van der Waals surface area contributed by atoms with Gasteiger partial charge in [0.1, 0.15) is 5.94 Å². The van der Waals surface area contributed by atoms with Gasteiger partial charge >= 0.3 is 5.30 Å². The summed E-state index contributed by atoms with van der Waals surface area (Å²) in [7, 11) is 4.86. The zero-order chi connectivity index (χ0) is 9.40. The van der Waals surface area contributed by atoms with Gasteiger partial charge in [-0.1, -0.05) is 34.0 Å². The summed E-state index contributed by atoms with van der Waals surface area (Å²) >= 11 is 10.5. The van der Waals surface area contributed by atoms with Crippen LogP contribution in [0.25, 0.3) is 0 Å². The van der Waals surface area contributed by atoms with Crippen LogP contribution in [0.1, 0.15) is 0 Å². The molecule has 0 aliphatic carbocycles. The summed E-state index contributed by atoms with van der Waals surface area (Å²) in [5.74, 6) is 0.326. The van der Waals surface area contributed by atoms with Gasteiger partial charge in [0, 0.05) is 10.8 Å². The zero-order valence-corrected chi connectivity index (χ0v) is 9.95. The van der Waals surface area contributed by atoms with Crippen molar-refractivity contribution in [3.63, 3.8) is 0 Å². The Labute approximate surface area is 92.0 Å². The Balaban J connectivity index is 3.05. The Bertz CT molecular complexity index is 135. The molecule has 0 bridgehead atoms. The second-order valence-electron chi connectivity index (χ2n) is 1.27. The highest BCUT2D eigenvalue weighted by Gasteiger charge is 2.02. The Morgan fingerprint density at radius 2 is 2.25 bits per heavy atom. The quantitative estimate of drug-likeness (QED) is 0.250. The van der Waals surface area contributed by atoms with E-state index in [1.807, 2.05) is 0 Å². The molecule has 3 nitrogen and oxygen atoms in total. The first-order chi connectivity index (χ1) is 5.66. The normalized spacial score (nSPS) is 10.3. The molecule has 0 unspecified atom stereocenters. The highest BCUT2D eigenvalue weighted by Crippen LogP contribution is 2.35. The predicted octanol–water partition coefficient (Wildman–Crippen LogP) is 3.52. The van der Waals surface area contributed by atoms with Gasteiger partial charge in [-0.15, -0.1) is 0 Å². The average molecular weight is 269 g/mol. The smallest absolute Gasteiger partial charge is 0.378 e. The molecule has 0 saturated carbocycles. The molecule has 0 fully saturated rings. The van der Waals surface area contributed by atoms with Crippen molar-refractivity contribution in [2.45, 2.75) is 5.02 Å². The summed E-state index contributed by atoms with van der Waals surface area (Å²) in [5.41, 5.74) is 0. The molecule has 0 heterocycles. The molecule has 0 saturated heterocycles. The summed E-state index contributed by atoms with van der Waals surface area (Å²) in [6.07, 6.45) is 0. The van der Waals surface area contributed by atoms with Gasteiger partial charge in [-0.2, -0.15) is 0 Å². The molecule has 0 spiro atoms. The van der Waals surface area contributed by atoms with Crippen LogP contribution in [0.5, 0.6) is 0 Å². The number of hydrogen-bond acceptors (Lipinski definition) is 6. The molecule has 0 aromatic heterocycles. The van der Waals surface area contributed by atoms with E-state index < -0.39 is 5.02 Å². The van der Waals surface area contributed by atoms with E-state index >= 15 is 0 Å².